The first-order chi connectivity index (χ1) is 9.00. The van der Waals surface area contributed by atoms with Gasteiger partial charge in [-0.25, -0.2) is 4.98 Å². The molecular formula is C12H18N2O4S. The Hall–Kier alpha value is -1.18. The van der Waals surface area contributed by atoms with Gasteiger partial charge >= 0.3 is 5.97 Å². The van der Waals surface area contributed by atoms with Crippen LogP contribution >= 0.6 is 11.3 Å². The van der Waals surface area contributed by atoms with E-state index in [1.807, 2.05) is 0 Å². The zero-order valence-corrected chi connectivity index (χ0v) is 11.8. The van der Waals surface area contributed by atoms with E-state index in [0.717, 1.165) is 0 Å². The lowest BCUT2D eigenvalue weighted by molar-refractivity contribution is -0.142. The molecule has 0 radical (unpaired) electrons. The second kappa shape index (κ2) is 5.85. The van der Waals surface area contributed by atoms with Crippen LogP contribution in [0.4, 0.5) is 5.13 Å². The van der Waals surface area contributed by atoms with Gasteiger partial charge in [0, 0.05) is 11.9 Å². The summed E-state index contributed by atoms with van der Waals surface area (Å²) in [5.41, 5.74) is -0.408. The van der Waals surface area contributed by atoms with Crippen LogP contribution in [0.5, 0.6) is 0 Å². The standard InChI is InChI=1S/C12H18N2O4S/c1-12(2,10(15)16)9-7-19-11(14-9)13-5-8-6-17-3-4-18-8/h7-8H,3-6H2,1-2H3,(H,13,14)(H,15,16). The Kier molecular flexibility index (Phi) is 4.38. The lowest BCUT2D eigenvalue weighted by Crippen LogP contribution is -2.34. The van der Waals surface area contributed by atoms with Crippen LogP contribution in [0.3, 0.4) is 0 Å². The van der Waals surface area contributed by atoms with E-state index in [-0.39, 0.29) is 6.10 Å². The monoisotopic (exact) mass is 286 g/mol. The highest BCUT2D eigenvalue weighted by atomic mass is 32.1. The lowest BCUT2D eigenvalue weighted by Gasteiger charge is -2.22. The molecule has 1 aromatic rings. The number of carbonyl (C=O) groups is 1. The first kappa shape index (κ1) is 14.2. The largest absolute Gasteiger partial charge is 0.481 e. The van der Waals surface area contributed by atoms with Crippen molar-refractivity contribution in [1.82, 2.24) is 4.98 Å². The molecule has 1 aromatic heterocycles. The van der Waals surface area contributed by atoms with Crippen molar-refractivity contribution in [3.8, 4) is 0 Å². The van der Waals surface area contributed by atoms with E-state index in [9.17, 15) is 4.79 Å². The van der Waals surface area contributed by atoms with Gasteiger partial charge in [0.05, 0.1) is 31.6 Å². The third kappa shape index (κ3) is 3.43. The van der Waals surface area contributed by atoms with Crippen molar-refractivity contribution >= 4 is 22.4 Å². The quantitative estimate of drug-likeness (QED) is 0.850. The number of ether oxygens (including phenoxy) is 2. The summed E-state index contributed by atoms with van der Waals surface area (Å²) >= 11 is 1.40. The Morgan fingerprint density at radius 1 is 1.63 bits per heavy atom. The molecular weight excluding hydrogens is 268 g/mol. The molecule has 7 heteroatoms. The highest BCUT2D eigenvalue weighted by molar-refractivity contribution is 7.13. The van der Waals surface area contributed by atoms with E-state index < -0.39 is 11.4 Å². The van der Waals surface area contributed by atoms with Crippen molar-refractivity contribution in [2.75, 3.05) is 31.7 Å². The number of aromatic nitrogens is 1. The maximum atomic E-state index is 11.1. The molecule has 1 aliphatic rings. The average molecular weight is 286 g/mol. The predicted molar refractivity (Wildman–Crippen MR) is 71.8 cm³/mol. The van der Waals surface area contributed by atoms with Crippen LogP contribution in [0.2, 0.25) is 0 Å². The van der Waals surface area contributed by atoms with Gasteiger partial charge in [-0.3, -0.25) is 4.79 Å². The SMILES string of the molecule is CC(C)(C(=O)O)c1csc(NCC2COCCO2)n1. The van der Waals surface area contributed by atoms with Crippen molar-refractivity contribution in [1.29, 1.82) is 0 Å². The highest BCUT2D eigenvalue weighted by Gasteiger charge is 2.32. The number of thiazole rings is 1. The molecule has 1 aliphatic heterocycles. The predicted octanol–water partition coefficient (Wildman–Crippen LogP) is 1.33. The molecule has 0 aliphatic carbocycles. The van der Waals surface area contributed by atoms with Gasteiger partial charge in [-0.15, -0.1) is 11.3 Å². The number of hydrogen-bond donors (Lipinski definition) is 2. The molecule has 1 saturated heterocycles. The van der Waals surface area contributed by atoms with Gasteiger partial charge in [0.2, 0.25) is 0 Å². The van der Waals surface area contributed by atoms with Gasteiger partial charge < -0.3 is 19.9 Å². The molecule has 0 amide bonds. The van der Waals surface area contributed by atoms with Gasteiger partial charge in [0.1, 0.15) is 5.41 Å². The van der Waals surface area contributed by atoms with Crippen LogP contribution in [0.1, 0.15) is 19.5 Å². The second-order valence-electron chi connectivity index (χ2n) is 4.92. The van der Waals surface area contributed by atoms with E-state index in [4.69, 9.17) is 14.6 Å². The summed E-state index contributed by atoms with van der Waals surface area (Å²) in [6.45, 7) is 5.73. The van der Waals surface area contributed by atoms with Gasteiger partial charge in [0.15, 0.2) is 5.13 Å². The molecule has 1 fully saturated rings. The molecule has 0 aromatic carbocycles. The van der Waals surface area contributed by atoms with Crippen LogP contribution in [-0.4, -0.2) is 48.5 Å². The molecule has 6 nitrogen and oxygen atoms in total. The van der Waals surface area contributed by atoms with E-state index in [1.54, 1.807) is 19.2 Å². The molecule has 19 heavy (non-hydrogen) atoms. The molecule has 106 valence electrons. The van der Waals surface area contributed by atoms with E-state index >= 15 is 0 Å². The molecule has 1 unspecified atom stereocenters. The number of rotatable bonds is 5. The van der Waals surface area contributed by atoms with E-state index in [1.165, 1.54) is 11.3 Å². The average Bonchev–Trinajstić information content (AvgIpc) is 2.87. The van der Waals surface area contributed by atoms with Gasteiger partial charge in [-0.05, 0) is 13.8 Å². The Bertz CT molecular complexity index is 441. The van der Waals surface area contributed by atoms with Crippen LogP contribution in [-0.2, 0) is 19.7 Å². The third-order valence-corrected chi connectivity index (χ3v) is 3.85. The Labute approximate surface area is 115 Å². The summed E-state index contributed by atoms with van der Waals surface area (Å²) in [5.74, 6) is -0.881. The van der Waals surface area contributed by atoms with Crippen molar-refractivity contribution < 1.29 is 19.4 Å². The topological polar surface area (TPSA) is 80.7 Å². The van der Waals surface area contributed by atoms with Crippen LogP contribution in [0.15, 0.2) is 5.38 Å². The summed E-state index contributed by atoms with van der Waals surface area (Å²) in [7, 11) is 0. The van der Waals surface area contributed by atoms with Crippen LogP contribution < -0.4 is 5.32 Å². The zero-order valence-electron chi connectivity index (χ0n) is 11.0. The summed E-state index contributed by atoms with van der Waals surface area (Å²) in [4.78, 5) is 15.5. The highest BCUT2D eigenvalue weighted by Crippen LogP contribution is 2.27. The fourth-order valence-corrected chi connectivity index (χ4v) is 2.50. The molecule has 1 atom stereocenters. The number of nitrogens with zero attached hydrogens (tertiary/aromatic N) is 1. The minimum Gasteiger partial charge on any atom is -0.481 e. The smallest absolute Gasteiger partial charge is 0.315 e. The Morgan fingerprint density at radius 2 is 2.42 bits per heavy atom. The fraction of sp³-hybridized carbons (Fsp3) is 0.667. The third-order valence-electron chi connectivity index (χ3n) is 3.05. The summed E-state index contributed by atoms with van der Waals surface area (Å²) in [6.07, 6.45) is 0.0218. The van der Waals surface area contributed by atoms with Crippen molar-refractivity contribution in [2.24, 2.45) is 0 Å². The summed E-state index contributed by atoms with van der Waals surface area (Å²) < 4.78 is 10.8. The Balaban J connectivity index is 1.92. The maximum absolute atomic E-state index is 11.1. The van der Waals surface area contributed by atoms with Crippen LogP contribution in [0, 0.1) is 0 Å². The molecule has 0 spiro atoms. The molecule has 2 rings (SSSR count). The number of carboxylic acids is 1. The van der Waals surface area contributed by atoms with Gasteiger partial charge in [0.25, 0.3) is 0 Å². The van der Waals surface area contributed by atoms with Gasteiger partial charge in [-0.1, -0.05) is 0 Å². The number of hydrogen-bond acceptors (Lipinski definition) is 6. The number of aliphatic carboxylic acids is 1. The molecule has 0 saturated carbocycles. The van der Waals surface area contributed by atoms with Crippen LogP contribution in [0.25, 0.3) is 0 Å². The molecule has 2 heterocycles. The summed E-state index contributed by atoms with van der Waals surface area (Å²) in [6, 6.07) is 0. The normalized spacial score (nSPS) is 20.2. The number of carboxylic acid groups (broad SMARTS) is 1. The first-order valence-corrected chi connectivity index (χ1v) is 7.00. The first-order valence-electron chi connectivity index (χ1n) is 6.13. The lowest BCUT2D eigenvalue weighted by atomic mass is 9.90. The van der Waals surface area contributed by atoms with Crippen molar-refractivity contribution in [2.45, 2.75) is 25.4 Å². The number of anilines is 1. The van der Waals surface area contributed by atoms with E-state index in [0.29, 0.717) is 37.2 Å². The number of nitrogens with one attached hydrogen (secondary N) is 1. The van der Waals surface area contributed by atoms with Crippen molar-refractivity contribution in [3.63, 3.8) is 0 Å². The minimum absolute atomic E-state index is 0.0218. The Morgan fingerprint density at radius 3 is 3.05 bits per heavy atom. The van der Waals surface area contributed by atoms with Gasteiger partial charge in [-0.2, -0.15) is 0 Å². The fourth-order valence-electron chi connectivity index (χ4n) is 1.61. The molecule has 0 bridgehead atoms. The van der Waals surface area contributed by atoms with E-state index in [2.05, 4.69) is 10.3 Å². The van der Waals surface area contributed by atoms with Crippen molar-refractivity contribution in [3.05, 3.63) is 11.1 Å². The second-order valence-corrected chi connectivity index (χ2v) is 5.77. The minimum atomic E-state index is -0.971. The molecule has 2 N–H and O–H groups in total. The maximum Gasteiger partial charge on any atom is 0.315 e. The zero-order chi connectivity index (χ0) is 13.9. The summed E-state index contributed by atoms with van der Waals surface area (Å²) in [5, 5.41) is 14.8.